The van der Waals surface area contributed by atoms with Crippen molar-refractivity contribution in [2.45, 2.75) is 32.5 Å². The number of aromatic nitrogens is 3. The summed E-state index contributed by atoms with van der Waals surface area (Å²) in [7, 11) is 0. The Bertz CT molecular complexity index is 1160. The standard InChI is InChI=1S/C26H32FN5O4/c1-20-6-7-24(13-25(20)27)36-17-26(34)15-30(8-9-31(16-26)21(2)33)14-22-4-3-5-23(12-22)35-11-10-32-19-28-18-29-32/h3-7,12-13,18-19,34H,8-11,14-17H2,1-2H3/t26-/m1/s1. The lowest BCUT2D eigenvalue weighted by molar-refractivity contribution is -0.132. The summed E-state index contributed by atoms with van der Waals surface area (Å²) in [5.74, 6) is 0.607. The van der Waals surface area contributed by atoms with E-state index in [0.29, 0.717) is 50.6 Å². The van der Waals surface area contributed by atoms with E-state index in [2.05, 4.69) is 15.0 Å². The Morgan fingerprint density at radius 2 is 1.97 bits per heavy atom. The third-order valence-electron chi connectivity index (χ3n) is 6.15. The molecule has 1 amide bonds. The number of carbonyl (C=O) groups excluding carboxylic acids is 1. The molecule has 0 saturated carbocycles. The highest BCUT2D eigenvalue weighted by atomic mass is 19.1. The monoisotopic (exact) mass is 497 g/mol. The molecule has 2 aromatic carbocycles. The lowest BCUT2D eigenvalue weighted by atomic mass is 10.0. The highest BCUT2D eigenvalue weighted by Gasteiger charge is 2.37. The summed E-state index contributed by atoms with van der Waals surface area (Å²) in [5, 5.41) is 15.5. The quantitative estimate of drug-likeness (QED) is 0.485. The van der Waals surface area contributed by atoms with Gasteiger partial charge in [0, 0.05) is 39.2 Å². The van der Waals surface area contributed by atoms with Crippen molar-refractivity contribution in [1.82, 2.24) is 24.6 Å². The van der Waals surface area contributed by atoms with E-state index in [-0.39, 0.29) is 24.9 Å². The van der Waals surface area contributed by atoms with E-state index < -0.39 is 5.60 Å². The van der Waals surface area contributed by atoms with Crippen LogP contribution in [0.4, 0.5) is 4.39 Å². The zero-order valence-electron chi connectivity index (χ0n) is 20.6. The summed E-state index contributed by atoms with van der Waals surface area (Å²) in [4.78, 5) is 19.8. The first kappa shape index (κ1) is 25.6. The molecule has 1 aliphatic heterocycles. The molecule has 1 saturated heterocycles. The average Bonchev–Trinajstić information content (AvgIpc) is 3.30. The molecule has 3 aromatic rings. The number of hydrogen-bond acceptors (Lipinski definition) is 7. The summed E-state index contributed by atoms with van der Waals surface area (Å²) < 4.78 is 27.3. The molecule has 1 atom stereocenters. The Hall–Kier alpha value is -3.50. The van der Waals surface area contributed by atoms with Crippen molar-refractivity contribution in [3.05, 3.63) is 72.1 Å². The van der Waals surface area contributed by atoms with Crippen LogP contribution in [0.15, 0.2) is 55.1 Å². The number of aryl methyl sites for hydroxylation is 1. The second kappa shape index (κ2) is 11.5. The van der Waals surface area contributed by atoms with Crippen LogP contribution in [-0.4, -0.2) is 80.6 Å². The highest BCUT2D eigenvalue weighted by molar-refractivity contribution is 5.73. The number of carbonyl (C=O) groups is 1. The molecule has 0 spiro atoms. The van der Waals surface area contributed by atoms with Gasteiger partial charge in [0.2, 0.25) is 5.91 Å². The van der Waals surface area contributed by atoms with Gasteiger partial charge in [0.25, 0.3) is 0 Å². The number of halogens is 1. The van der Waals surface area contributed by atoms with E-state index in [4.69, 9.17) is 9.47 Å². The van der Waals surface area contributed by atoms with Crippen LogP contribution >= 0.6 is 0 Å². The largest absolute Gasteiger partial charge is 0.492 e. The Morgan fingerprint density at radius 3 is 2.72 bits per heavy atom. The van der Waals surface area contributed by atoms with Gasteiger partial charge < -0.3 is 19.5 Å². The third-order valence-corrected chi connectivity index (χ3v) is 6.15. The molecule has 0 bridgehead atoms. The van der Waals surface area contributed by atoms with Crippen LogP contribution in [0.25, 0.3) is 0 Å². The molecular formula is C26H32FN5O4. The van der Waals surface area contributed by atoms with Crippen LogP contribution in [0.1, 0.15) is 18.1 Å². The first-order valence-electron chi connectivity index (χ1n) is 11.9. The molecule has 1 N–H and O–H groups in total. The van der Waals surface area contributed by atoms with Gasteiger partial charge in [-0.3, -0.25) is 9.69 Å². The number of aliphatic hydroxyl groups is 1. The Morgan fingerprint density at radius 1 is 1.14 bits per heavy atom. The minimum atomic E-state index is -1.32. The maximum Gasteiger partial charge on any atom is 0.219 e. The van der Waals surface area contributed by atoms with E-state index in [1.54, 1.807) is 35.0 Å². The lowest BCUT2D eigenvalue weighted by Gasteiger charge is -2.32. The maximum absolute atomic E-state index is 13.9. The van der Waals surface area contributed by atoms with Crippen LogP contribution in [0, 0.1) is 12.7 Å². The molecule has 36 heavy (non-hydrogen) atoms. The van der Waals surface area contributed by atoms with E-state index in [0.717, 1.165) is 11.3 Å². The first-order valence-corrected chi connectivity index (χ1v) is 11.9. The fourth-order valence-corrected chi connectivity index (χ4v) is 4.21. The number of ether oxygens (including phenoxy) is 2. The smallest absolute Gasteiger partial charge is 0.219 e. The molecule has 1 aliphatic rings. The Kier molecular flexibility index (Phi) is 8.17. The fourth-order valence-electron chi connectivity index (χ4n) is 4.21. The maximum atomic E-state index is 13.9. The molecular weight excluding hydrogens is 465 g/mol. The van der Waals surface area contributed by atoms with Gasteiger partial charge in [-0.05, 0) is 36.2 Å². The Balaban J connectivity index is 1.40. The molecule has 1 fully saturated rings. The number of benzene rings is 2. The zero-order valence-corrected chi connectivity index (χ0v) is 20.6. The normalized spacial score (nSPS) is 18.6. The molecule has 9 nitrogen and oxygen atoms in total. The van der Waals surface area contributed by atoms with Gasteiger partial charge in [0.05, 0.1) is 13.1 Å². The first-order chi connectivity index (χ1) is 17.3. The van der Waals surface area contributed by atoms with Crippen LogP contribution in [0.5, 0.6) is 11.5 Å². The molecule has 10 heteroatoms. The van der Waals surface area contributed by atoms with Crippen LogP contribution in [0.2, 0.25) is 0 Å². The molecule has 192 valence electrons. The van der Waals surface area contributed by atoms with E-state index in [1.807, 2.05) is 24.3 Å². The van der Waals surface area contributed by atoms with Crippen molar-refractivity contribution in [3.63, 3.8) is 0 Å². The van der Waals surface area contributed by atoms with Gasteiger partial charge in [-0.1, -0.05) is 18.2 Å². The highest BCUT2D eigenvalue weighted by Crippen LogP contribution is 2.22. The molecule has 4 rings (SSSR count). The summed E-state index contributed by atoms with van der Waals surface area (Å²) >= 11 is 0. The van der Waals surface area contributed by atoms with Crippen LogP contribution in [0.3, 0.4) is 0 Å². The van der Waals surface area contributed by atoms with Crippen LogP contribution < -0.4 is 9.47 Å². The van der Waals surface area contributed by atoms with Gasteiger partial charge in [-0.2, -0.15) is 5.10 Å². The number of β-amino-alcohol motifs (C(OH)–C–C–N with tert-alkyl or cyclic N) is 1. The molecule has 2 heterocycles. The van der Waals surface area contributed by atoms with Gasteiger partial charge >= 0.3 is 0 Å². The number of hydrogen-bond donors (Lipinski definition) is 1. The van der Waals surface area contributed by atoms with Crippen molar-refractivity contribution in [2.75, 3.05) is 39.4 Å². The van der Waals surface area contributed by atoms with Crippen molar-refractivity contribution < 1.29 is 23.8 Å². The fraction of sp³-hybridized carbons (Fsp3) is 0.423. The van der Waals surface area contributed by atoms with Crippen molar-refractivity contribution in [3.8, 4) is 11.5 Å². The van der Waals surface area contributed by atoms with E-state index in [1.165, 1.54) is 19.3 Å². The number of nitrogens with zero attached hydrogens (tertiary/aromatic N) is 5. The minimum Gasteiger partial charge on any atom is -0.492 e. The van der Waals surface area contributed by atoms with Gasteiger partial charge in [-0.25, -0.2) is 14.1 Å². The molecule has 0 aliphatic carbocycles. The van der Waals surface area contributed by atoms with Crippen LogP contribution in [-0.2, 0) is 17.9 Å². The van der Waals surface area contributed by atoms with Gasteiger partial charge in [-0.15, -0.1) is 0 Å². The zero-order chi connectivity index (χ0) is 25.5. The van der Waals surface area contributed by atoms with Crippen molar-refractivity contribution in [1.29, 1.82) is 0 Å². The van der Waals surface area contributed by atoms with Gasteiger partial charge in [0.15, 0.2) is 0 Å². The Labute approximate surface area is 210 Å². The third kappa shape index (κ3) is 7.02. The topological polar surface area (TPSA) is 93.0 Å². The van der Waals surface area contributed by atoms with E-state index in [9.17, 15) is 14.3 Å². The number of amides is 1. The second-order valence-corrected chi connectivity index (χ2v) is 9.23. The predicted octanol–water partition coefficient (Wildman–Crippen LogP) is 2.28. The lowest BCUT2D eigenvalue weighted by Crippen LogP contribution is -2.51. The van der Waals surface area contributed by atoms with E-state index >= 15 is 0 Å². The second-order valence-electron chi connectivity index (χ2n) is 9.23. The summed E-state index contributed by atoms with van der Waals surface area (Å²) in [6.07, 6.45) is 3.13. The van der Waals surface area contributed by atoms with Gasteiger partial charge in [0.1, 0.15) is 48.8 Å². The summed E-state index contributed by atoms with van der Waals surface area (Å²) in [6, 6.07) is 12.4. The van der Waals surface area contributed by atoms with Crippen molar-refractivity contribution in [2.24, 2.45) is 0 Å². The predicted molar refractivity (Wildman–Crippen MR) is 131 cm³/mol. The molecule has 0 radical (unpaired) electrons. The summed E-state index contributed by atoms with van der Waals surface area (Å²) in [5.41, 5.74) is 0.220. The average molecular weight is 498 g/mol. The minimum absolute atomic E-state index is 0.0682. The molecule has 1 aromatic heterocycles. The number of rotatable bonds is 9. The molecule has 0 unspecified atom stereocenters. The van der Waals surface area contributed by atoms with Crippen molar-refractivity contribution >= 4 is 5.91 Å². The SMILES string of the molecule is CC(=O)N1CCN(Cc2cccc(OCCn3cncn3)c2)C[C@](O)(COc2ccc(C)c(F)c2)C1. The summed E-state index contributed by atoms with van der Waals surface area (Å²) in [6.45, 7) is 6.24.